The Morgan fingerprint density at radius 2 is 1.86 bits per heavy atom. The Morgan fingerprint density at radius 3 is 2.52 bits per heavy atom. The summed E-state index contributed by atoms with van der Waals surface area (Å²) in [6.07, 6.45) is 1.36. The fraction of sp³-hybridized carbons (Fsp3) is 0.409. The minimum absolute atomic E-state index is 0.0811. The standard InChI is InChI=1S/C22H28N2O4S/c1-17(18-7-4-3-5-8-18)15-23-22(25)19-9-6-14-24(16-19)29(26,27)21-12-10-20(28-2)11-13-21/h3-5,7-8,10-13,17,19H,6,9,14-16H2,1-2H3,(H,23,25). The van der Waals surface area contributed by atoms with Crippen LogP contribution in [0, 0.1) is 5.92 Å². The van der Waals surface area contributed by atoms with Crippen molar-refractivity contribution in [2.45, 2.75) is 30.6 Å². The highest BCUT2D eigenvalue weighted by atomic mass is 32.2. The molecule has 1 N–H and O–H groups in total. The Labute approximate surface area is 172 Å². The van der Waals surface area contributed by atoms with Crippen LogP contribution in [0.1, 0.15) is 31.2 Å². The van der Waals surface area contributed by atoms with E-state index >= 15 is 0 Å². The van der Waals surface area contributed by atoms with Crippen molar-refractivity contribution in [1.82, 2.24) is 9.62 Å². The van der Waals surface area contributed by atoms with Crippen LogP contribution in [-0.2, 0) is 14.8 Å². The summed E-state index contributed by atoms with van der Waals surface area (Å²) < 4.78 is 32.4. The third-order valence-electron chi connectivity index (χ3n) is 5.40. The number of hydrogen-bond donors (Lipinski definition) is 1. The van der Waals surface area contributed by atoms with Gasteiger partial charge in [-0.15, -0.1) is 0 Å². The number of ether oxygens (including phenoxy) is 1. The number of hydrogen-bond acceptors (Lipinski definition) is 4. The van der Waals surface area contributed by atoms with Crippen molar-refractivity contribution < 1.29 is 17.9 Å². The van der Waals surface area contributed by atoms with Gasteiger partial charge in [0.2, 0.25) is 15.9 Å². The highest BCUT2D eigenvalue weighted by Gasteiger charge is 2.33. The number of nitrogens with one attached hydrogen (secondary N) is 1. The van der Waals surface area contributed by atoms with Gasteiger partial charge in [0.1, 0.15) is 5.75 Å². The second-order valence-electron chi connectivity index (χ2n) is 7.43. The van der Waals surface area contributed by atoms with E-state index in [2.05, 4.69) is 12.2 Å². The summed E-state index contributed by atoms with van der Waals surface area (Å²) in [7, 11) is -2.09. The molecule has 0 bridgehead atoms. The topological polar surface area (TPSA) is 75.7 Å². The van der Waals surface area contributed by atoms with Crippen molar-refractivity contribution in [3.05, 3.63) is 60.2 Å². The Morgan fingerprint density at radius 1 is 1.17 bits per heavy atom. The predicted molar refractivity (Wildman–Crippen MR) is 112 cm³/mol. The molecule has 1 amide bonds. The van der Waals surface area contributed by atoms with Crippen LogP contribution >= 0.6 is 0 Å². The largest absolute Gasteiger partial charge is 0.497 e. The number of carbonyl (C=O) groups is 1. The van der Waals surface area contributed by atoms with Gasteiger partial charge in [-0.3, -0.25) is 4.79 Å². The lowest BCUT2D eigenvalue weighted by Gasteiger charge is -2.31. The molecule has 1 aliphatic rings. The maximum absolute atomic E-state index is 13.0. The van der Waals surface area contributed by atoms with Gasteiger partial charge in [-0.1, -0.05) is 37.3 Å². The van der Waals surface area contributed by atoms with Crippen LogP contribution < -0.4 is 10.1 Å². The molecule has 1 aliphatic heterocycles. The lowest BCUT2D eigenvalue weighted by molar-refractivity contribution is -0.126. The number of rotatable bonds is 7. The molecule has 1 fully saturated rings. The molecule has 0 aromatic heterocycles. The molecular weight excluding hydrogens is 388 g/mol. The summed E-state index contributed by atoms with van der Waals surface area (Å²) >= 11 is 0. The molecule has 2 unspecified atom stereocenters. The molecule has 1 heterocycles. The molecule has 2 aromatic rings. The number of sulfonamides is 1. The SMILES string of the molecule is COc1ccc(S(=O)(=O)N2CCCC(C(=O)NCC(C)c3ccccc3)C2)cc1. The summed E-state index contributed by atoms with van der Waals surface area (Å²) in [5, 5.41) is 3.00. The van der Waals surface area contributed by atoms with Crippen molar-refractivity contribution in [2.75, 3.05) is 26.7 Å². The molecule has 2 atom stereocenters. The van der Waals surface area contributed by atoms with E-state index in [4.69, 9.17) is 4.74 Å². The lowest BCUT2D eigenvalue weighted by Crippen LogP contribution is -2.45. The molecule has 156 valence electrons. The van der Waals surface area contributed by atoms with Crippen molar-refractivity contribution in [1.29, 1.82) is 0 Å². The van der Waals surface area contributed by atoms with Crippen LogP contribution in [0.25, 0.3) is 0 Å². The van der Waals surface area contributed by atoms with Gasteiger partial charge >= 0.3 is 0 Å². The van der Waals surface area contributed by atoms with E-state index in [1.165, 1.54) is 17.0 Å². The monoisotopic (exact) mass is 416 g/mol. The van der Waals surface area contributed by atoms with E-state index in [0.717, 1.165) is 0 Å². The summed E-state index contributed by atoms with van der Waals surface area (Å²) in [5.41, 5.74) is 1.17. The second kappa shape index (κ2) is 9.41. The van der Waals surface area contributed by atoms with Crippen molar-refractivity contribution in [3.8, 4) is 5.75 Å². The van der Waals surface area contributed by atoms with Crippen LogP contribution in [0.4, 0.5) is 0 Å². The number of nitrogens with zero attached hydrogens (tertiary/aromatic N) is 1. The molecule has 29 heavy (non-hydrogen) atoms. The molecule has 7 heteroatoms. The van der Waals surface area contributed by atoms with E-state index in [0.29, 0.717) is 31.7 Å². The normalized spacial score (nSPS) is 18.8. The molecular formula is C22H28N2O4S. The zero-order chi connectivity index (χ0) is 20.9. The van der Waals surface area contributed by atoms with Gasteiger partial charge in [0, 0.05) is 19.6 Å². The molecule has 3 rings (SSSR count). The predicted octanol–water partition coefficient (Wildman–Crippen LogP) is 3.02. The number of amides is 1. The van der Waals surface area contributed by atoms with Crippen LogP contribution in [0.3, 0.4) is 0 Å². The average molecular weight is 417 g/mol. The number of methoxy groups -OCH3 is 1. The molecule has 0 radical (unpaired) electrons. The Bertz CT molecular complexity index is 914. The molecule has 6 nitrogen and oxygen atoms in total. The van der Waals surface area contributed by atoms with E-state index in [1.54, 1.807) is 24.3 Å². The average Bonchev–Trinajstić information content (AvgIpc) is 2.78. The summed E-state index contributed by atoms with van der Waals surface area (Å²) in [4.78, 5) is 12.9. The lowest BCUT2D eigenvalue weighted by atomic mass is 9.97. The van der Waals surface area contributed by atoms with Gasteiger partial charge in [-0.05, 0) is 48.6 Å². The molecule has 0 spiro atoms. The third-order valence-corrected chi connectivity index (χ3v) is 7.28. The quantitative estimate of drug-likeness (QED) is 0.753. The van der Waals surface area contributed by atoms with Gasteiger partial charge in [-0.2, -0.15) is 4.31 Å². The van der Waals surface area contributed by atoms with Gasteiger partial charge in [0.05, 0.1) is 17.9 Å². The first-order chi connectivity index (χ1) is 13.9. The van der Waals surface area contributed by atoms with Crippen LogP contribution in [0.15, 0.2) is 59.5 Å². The summed E-state index contributed by atoms with van der Waals surface area (Å²) in [6, 6.07) is 16.4. The fourth-order valence-corrected chi connectivity index (χ4v) is 5.09. The van der Waals surface area contributed by atoms with Crippen molar-refractivity contribution in [3.63, 3.8) is 0 Å². The fourth-order valence-electron chi connectivity index (χ4n) is 3.57. The van der Waals surface area contributed by atoms with Gasteiger partial charge in [0.15, 0.2) is 0 Å². The van der Waals surface area contributed by atoms with Crippen LogP contribution in [-0.4, -0.2) is 45.4 Å². The van der Waals surface area contributed by atoms with Gasteiger partial charge in [0.25, 0.3) is 0 Å². The zero-order valence-corrected chi connectivity index (χ0v) is 17.7. The number of benzene rings is 2. The first kappa shape index (κ1) is 21.3. The number of carbonyl (C=O) groups excluding carboxylic acids is 1. The summed E-state index contributed by atoms with van der Waals surface area (Å²) in [5.74, 6) is 0.386. The molecule has 1 saturated heterocycles. The molecule has 0 aliphatic carbocycles. The van der Waals surface area contributed by atoms with Crippen molar-refractivity contribution >= 4 is 15.9 Å². The second-order valence-corrected chi connectivity index (χ2v) is 9.37. The van der Waals surface area contributed by atoms with E-state index in [1.807, 2.05) is 30.3 Å². The Balaban J connectivity index is 1.61. The minimum atomic E-state index is -3.63. The van der Waals surface area contributed by atoms with Gasteiger partial charge in [-0.25, -0.2) is 8.42 Å². The maximum atomic E-state index is 13.0. The highest BCUT2D eigenvalue weighted by Crippen LogP contribution is 2.25. The molecule has 2 aromatic carbocycles. The van der Waals surface area contributed by atoms with E-state index in [-0.39, 0.29) is 29.2 Å². The Hall–Kier alpha value is -2.38. The van der Waals surface area contributed by atoms with E-state index in [9.17, 15) is 13.2 Å². The smallest absolute Gasteiger partial charge is 0.243 e. The van der Waals surface area contributed by atoms with Crippen molar-refractivity contribution in [2.24, 2.45) is 5.92 Å². The maximum Gasteiger partial charge on any atom is 0.243 e. The van der Waals surface area contributed by atoms with Crippen LogP contribution in [0.2, 0.25) is 0 Å². The molecule has 0 saturated carbocycles. The highest BCUT2D eigenvalue weighted by molar-refractivity contribution is 7.89. The first-order valence-electron chi connectivity index (χ1n) is 9.88. The van der Waals surface area contributed by atoms with Crippen LogP contribution in [0.5, 0.6) is 5.75 Å². The third kappa shape index (κ3) is 5.16. The minimum Gasteiger partial charge on any atom is -0.497 e. The first-order valence-corrected chi connectivity index (χ1v) is 11.3. The zero-order valence-electron chi connectivity index (χ0n) is 16.9. The van der Waals surface area contributed by atoms with Gasteiger partial charge < -0.3 is 10.1 Å². The Kier molecular flexibility index (Phi) is 6.92. The van der Waals surface area contributed by atoms with E-state index < -0.39 is 10.0 Å². The number of piperidine rings is 1. The summed E-state index contributed by atoms with van der Waals surface area (Å²) in [6.45, 7) is 3.24.